The van der Waals surface area contributed by atoms with Crippen molar-refractivity contribution >= 4 is 0 Å². The first-order valence-corrected chi connectivity index (χ1v) is 8.28. The fourth-order valence-electron chi connectivity index (χ4n) is 2.43. The average molecular weight is 287 g/mol. The van der Waals surface area contributed by atoms with Crippen molar-refractivity contribution in [1.82, 2.24) is 10.2 Å². The van der Waals surface area contributed by atoms with E-state index in [-0.39, 0.29) is 12.1 Å². The summed E-state index contributed by atoms with van der Waals surface area (Å²) in [7, 11) is 1.94. The Morgan fingerprint density at radius 2 is 1.45 bits per heavy atom. The zero-order valence-electron chi connectivity index (χ0n) is 14.9. The molecule has 20 heavy (non-hydrogen) atoms. The summed E-state index contributed by atoms with van der Waals surface area (Å²) >= 11 is 0. The lowest BCUT2D eigenvalue weighted by atomic mass is 9.93. The number of nitrogens with one attached hydrogen (secondary N) is 1. The molecule has 0 amide bonds. The minimum absolute atomic E-state index is 0.173. The van der Waals surface area contributed by atoms with Gasteiger partial charge in [-0.2, -0.15) is 0 Å². The van der Waals surface area contributed by atoms with Gasteiger partial charge in [0.15, 0.2) is 0 Å². The van der Waals surface area contributed by atoms with Crippen molar-refractivity contribution in [1.29, 1.82) is 0 Å². The lowest BCUT2D eigenvalue weighted by molar-refractivity contribution is 0.113. The highest BCUT2D eigenvalue weighted by Crippen LogP contribution is 2.18. The van der Waals surface area contributed by atoms with Crippen LogP contribution in [0, 0.1) is 11.8 Å². The Morgan fingerprint density at radius 1 is 1.00 bits per heavy atom. The second-order valence-electron chi connectivity index (χ2n) is 7.42. The normalized spacial score (nSPS) is 16.9. The molecule has 0 aromatic rings. The first kappa shape index (κ1) is 19.9. The van der Waals surface area contributed by atoms with Gasteiger partial charge in [0.2, 0.25) is 0 Å². The van der Waals surface area contributed by atoms with Crippen LogP contribution in [0.2, 0.25) is 0 Å². The summed E-state index contributed by atoms with van der Waals surface area (Å²) in [5, 5.41) is 12.8. The standard InChI is InChI=1S/C17H38N2O/c1-14(2)8-10-19(11-9-15(3)4)16(5)12-17(6,13-20)18-7/h14-16,18,20H,8-13H2,1-7H3. The lowest BCUT2D eigenvalue weighted by Gasteiger charge is -2.36. The Kier molecular flexibility index (Phi) is 9.69. The number of hydrogen-bond donors (Lipinski definition) is 2. The SMILES string of the molecule is CNC(C)(CO)CC(C)N(CCC(C)C)CCC(C)C. The van der Waals surface area contributed by atoms with Crippen LogP contribution in [0.5, 0.6) is 0 Å². The average Bonchev–Trinajstić information content (AvgIpc) is 2.37. The van der Waals surface area contributed by atoms with Crippen LogP contribution >= 0.6 is 0 Å². The van der Waals surface area contributed by atoms with Gasteiger partial charge in [-0.3, -0.25) is 0 Å². The summed E-state index contributed by atoms with van der Waals surface area (Å²) in [6.45, 7) is 16.1. The molecule has 0 heterocycles. The van der Waals surface area contributed by atoms with Crippen LogP contribution in [0.1, 0.15) is 60.8 Å². The van der Waals surface area contributed by atoms with Crippen molar-refractivity contribution in [3.8, 4) is 0 Å². The predicted molar refractivity (Wildman–Crippen MR) is 89.1 cm³/mol. The third kappa shape index (κ3) is 8.23. The van der Waals surface area contributed by atoms with Crippen molar-refractivity contribution in [2.75, 3.05) is 26.7 Å². The fourth-order valence-corrected chi connectivity index (χ4v) is 2.43. The van der Waals surface area contributed by atoms with E-state index in [4.69, 9.17) is 0 Å². The highest BCUT2D eigenvalue weighted by molar-refractivity contribution is 4.86. The molecule has 0 aromatic heterocycles. The molecule has 0 aliphatic rings. The molecule has 0 saturated heterocycles. The van der Waals surface area contributed by atoms with Gasteiger partial charge in [-0.1, -0.05) is 27.7 Å². The molecule has 0 radical (unpaired) electrons. The Morgan fingerprint density at radius 3 is 1.75 bits per heavy atom. The smallest absolute Gasteiger partial charge is 0.0611 e. The van der Waals surface area contributed by atoms with E-state index in [0.717, 1.165) is 31.3 Å². The molecule has 0 bridgehead atoms. The molecule has 3 heteroatoms. The monoisotopic (exact) mass is 286 g/mol. The van der Waals surface area contributed by atoms with Crippen molar-refractivity contribution in [2.24, 2.45) is 11.8 Å². The molecule has 0 rings (SSSR count). The van der Waals surface area contributed by atoms with Gasteiger partial charge in [0.1, 0.15) is 0 Å². The van der Waals surface area contributed by atoms with E-state index in [1.807, 2.05) is 7.05 Å². The van der Waals surface area contributed by atoms with Gasteiger partial charge in [0, 0.05) is 11.6 Å². The molecule has 0 aromatic carbocycles. The summed E-state index contributed by atoms with van der Waals surface area (Å²) in [5.41, 5.74) is -0.173. The van der Waals surface area contributed by atoms with Crippen LogP contribution in [-0.4, -0.2) is 48.3 Å². The maximum Gasteiger partial charge on any atom is 0.0611 e. The number of aliphatic hydroxyl groups excluding tert-OH is 1. The Labute approximate surface area is 127 Å². The molecule has 2 unspecified atom stereocenters. The Bertz CT molecular complexity index is 225. The zero-order chi connectivity index (χ0) is 15.8. The van der Waals surface area contributed by atoms with Crippen LogP contribution in [-0.2, 0) is 0 Å². The quantitative estimate of drug-likeness (QED) is 0.612. The molecule has 0 fully saturated rings. The van der Waals surface area contributed by atoms with E-state index >= 15 is 0 Å². The molecule has 0 aliphatic carbocycles. The van der Waals surface area contributed by atoms with Crippen LogP contribution in [0.15, 0.2) is 0 Å². The van der Waals surface area contributed by atoms with E-state index in [1.165, 1.54) is 12.8 Å². The maximum atomic E-state index is 9.57. The van der Waals surface area contributed by atoms with Gasteiger partial charge in [-0.25, -0.2) is 0 Å². The molecular formula is C17H38N2O. The first-order chi connectivity index (χ1) is 9.24. The molecule has 0 aliphatic heterocycles. The largest absolute Gasteiger partial charge is 0.394 e. The van der Waals surface area contributed by atoms with Crippen LogP contribution in [0.4, 0.5) is 0 Å². The van der Waals surface area contributed by atoms with Crippen molar-refractivity contribution in [3.63, 3.8) is 0 Å². The first-order valence-electron chi connectivity index (χ1n) is 8.28. The number of likely N-dealkylation sites (N-methyl/N-ethyl adjacent to an activating group) is 1. The summed E-state index contributed by atoms with van der Waals surface area (Å²) in [5.74, 6) is 1.49. The minimum atomic E-state index is -0.173. The maximum absolute atomic E-state index is 9.57. The second-order valence-corrected chi connectivity index (χ2v) is 7.42. The predicted octanol–water partition coefficient (Wildman–Crippen LogP) is 3.13. The fraction of sp³-hybridized carbons (Fsp3) is 1.00. The summed E-state index contributed by atoms with van der Waals surface area (Å²) < 4.78 is 0. The van der Waals surface area contributed by atoms with E-state index in [9.17, 15) is 5.11 Å². The molecule has 0 spiro atoms. The topological polar surface area (TPSA) is 35.5 Å². The van der Waals surface area contributed by atoms with Crippen molar-refractivity contribution in [3.05, 3.63) is 0 Å². The van der Waals surface area contributed by atoms with E-state index < -0.39 is 0 Å². The third-order valence-corrected chi connectivity index (χ3v) is 4.31. The van der Waals surface area contributed by atoms with Gasteiger partial charge in [-0.15, -0.1) is 0 Å². The highest BCUT2D eigenvalue weighted by Gasteiger charge is 2.26. The van der Waals surface area contributed by atoms with Gasteiger partial charge >= 0.3 is 0 Å². The molecular weight excluding hydrogens is 248 g/mol. The number of hydrogen-bond acceptors (Lipinski definition) is 3. The summed E-state index contributed by atoms with van der Waals surface area (Å²) in [6, 6.07) is 0.497. The Balaban J connectivity index is 4.55. The van der Waals surface area contributed by atoms with Crippen molar-refractivity contribution < 1.29 is 5.11 Å². The molecule has 122 valence electrons. The van der Waals surface area contributed by atoms with E-state index in [2.05, 4.69) is 51.8 Å². The molecule has 0 saturated carbocycles. The number of aliphatic hydroxyl groups is 1. The Hall–Kier alpha value is -0.120. The van der Waals surface area contributed by atoms with Gasteiger partial charge < -0.3 is 15.3 Å². The van der Waals surface area contributed by atoms with Crippen molar-refractivity contribution in [2.45, 2.75) is 72.4 Å². The van der Waals surface area contributed by atoms with Gasteiger partial charge in [0.25, 0.3) is 0 Å². The lowest BCUT2D eigenvalue weighted by Crippen LogP contribution is -2.49. The summed E-state index contributed by atoms with van der Waals surface area (Å²) in [6.07, 6.45) is 3.48. The van der Waals surface area contributed by atoms with Gasteiger partial charge in [-0.05, 0) is 65.1 Å². The molecule has 3 nitrogen and oxygen atoms in total. The number of nitrogens with zero attached hydrogens (tertiary/aromatic N) is 1. The highest BCUT2D eigenvalue weighted by atomic mass is 16.3. The zero-order valence-corrected chi connectivity index (χ0v) is 14.9. The molecule has 2 N–H and O–H groups in total. The molecule has 2 atom stereocenters. The number of rotatable bonds is 11. The van der Waals surface area contributed by atoms with E-state index in [0.29, 0.717) is 6.04 Å². The third-order valence-electron chi connectivity index (χ3n) is 4.31. The second kappa shape index (κ2) is 9.75. The van der Waals surface area contributed by atoms with Crippen LogP contribution in [0.3, 0.4) is 0 Å². The van der Waals surface area contributed by atoms with Crippen LogP contribution in [0.25, 0.3) is 0 Å². The van der Waals surface area contributed by atoms with E-state index in [1.54, 1.807) is 0 Å². The van der Waals surface area contributed by atoms with Crippen LogP contribution < -0.4 is 5.32 Å². The van der Waals surface area contributed by atoms with Gasteiger partial charge in [0.05, 0.1) is 6.61 Å². The summed E-state index contributed by atoms with van der Waals surface area (Å²) in [4.78, 5) is 2.60. The minimum Gasteiger partial charge on any atom is -0.394 e.